The molecule has 5 heteroatoms. The molecule has 1 fully saturated rings. The minimum absolute atomic E-state index is 0.348. The van der Waals surface area contributed by atoms with E-state index in [1.807, 2.05) is 0 Å². The van der Waals surface area contributed by atoms with Crippen LogP contribution in [0, 0.1) is 0 Å². The highest BCUT2D eigenvalue weighted by Gasteiger charge is 2.42. The molecule has 1 aliphatic heterocycles. The van der Waals surface area contributed by atoms with E-state index in [0.29, 0.717) is 6.42 Å². The first-order valence-electron chi connectivity index (χ1n) is 8.42. The largest absolute Gasteiger partial charge is 0.394 e. The van der Waals surface area contributed by atoms with E-state index in [2.05, 4.69) is 6.92 Å². The highest BCUT2D eigenvalue weighted by molar-refractivity contribution is 4.91. The third-order valence-electron chi connectivity index (χ3n) is 4.33. The molecule has 1 aliphatic rings. The van der Waals surface area contributed by atoms with Crippen LogP contribution in [0.15, 0.2) is 0 Å². The predicted octanol–water partition coefficient (Wildman–Crippen LogP) is 1.36. The molecule has 0 aliphatic carbocycles. The first-order chi connectivity index (χ1) is 10.1. The van der Waals surface area contributed by atoms with E-state index < -0.39 is 30.5 Å². The summed E-state index contributed by atoms with van der Waals surface area (Å²) in [5, 5.41) is 38.4. The number of rotatable bonds is 10. The second-order valence-corrected chi connectivity index (χ2v) is 6.13. The van der Waals surface area contributed by atoms with E-state index >= 15 is 0 Å². The molecular formula is C16H32O5. The average Bonchev–Trinajstić information content (AvgIpc) is 2.49. The lowest BCUT2D eigenvalue weighted by atomic mass is 9.92. The van der Waals surface area contributed by atoms with Gasteiger partial charge in [-0.25, -0.2) is 0 Å². The molecule has 1 saturated heterocycles. The van der Waals surface area contributed by atoms with Gasteiger partial charge in [-0.2, -0.15) is 0 Å². The van der Waals surface area contributed by atoms with Crippen LogP contribution in [0.3, 0.4) is 0 Å². The molecule has 0 saturated carbocycles. The summed E-state index contributed by atoms with van der Waals surface area (Å²) in [6.07, 6.45) is 5.41. The van der Waals surface area contributed by atoms with E-state index in [1.54, 1.807) is 0 Å². The van der Waals surface area contributed by atoms with Crippen LogP contribution in [0.5, 0.6) is 0 Å². The molecule has 126 valence electrons. The predicted molar refractivity (Wildman–Crippen MR) is 81.0 cm³/mol. The van der Waals surface area contributed by atoms with Gasteiger partial charge >= 0.3 is 0 Å². The van der Waals surface area contributed by atoms with Crippen molar-refractivity contribution in [3.63, 3.8) is 0 Å². The number of unbranched alkanes of at least 4 members (excludes halogenated alkanes) is 7. The summed E-state index contributed by atoms with van der Waals surface area (Å²) >= 11 is 0. The summed E-state index contributed by atoms with van der Waals surface area (Å²) in [6, 6.07) is 0. The fourth-order valence-corrected chi connectivity index (χ4v) is 2.90. The average molecular weight is 304 g/mol. The van der Waals surface area contributed by atoms with Crippen molar-refractivity contribution in [1.29, 1.82) is 0 Å². The molecule has 0 spiro atoms. The minimum atomic E-state index is -1.24. The van der Waals surface area contributed by atoms with Gasteiger partial charge in [0.25, 0.3) is 0 Å². The number of hydrogen-bond donors (Lipinski definition) is 4. The Morgan fingerprint density at radius 3 is 1.81 bits per heavy atom. The van der Waals surface area contributed by atoms with Crippen LogP contribution < -0.4 is 0 Å². The molecule has 4 N–H and O–H groups in total. The minimum Gasteiger partial charge on any atom is -0.394 e. The van der Waals surface area contributed by atoms with Crippen LogP contribution in [-0.2, 0) is 4.74 Å². The number of hydrogen-bond acceptors (Lipinski definition) is 5. The van der Waals surface area contributed by atoms with E-state index in [9.17, 15) is 15.3 Å². The Balaban J connectivity index is 2.16. The van der Waals surface area contributed by atoms with Gasteiger partial charge in [-0.05, 0) is 6.42 Å². The number of aliphatic hydroxyl groups excluding tert-OH is 4. The van der Waals surface area contributed by atoms with Gasteiger partial charge in [-0.3, -0.25) is 0 Å². The van der Waals surface area contributed by atoms with Gasteiger partial charge in [-0.15, -0.1) is 0 Å². The van der Waals surface area contributed by atoms with Gasteiger partial charge in [0.05, 0.1) is 12.7 Å². The van der Waals surface area contributed by atoms with Gasteiger partial charge in [-0.1, -0.05) is 58.3 Å². The maximum absolute atomic E-state index is 9.90. The highest BCUT2D eigenvalue weighted by Crippen LogP contribution is 2.24. The monoisotopic (exact) mass is 304 g/mol. The first kappa shape index (κ1) is 18.8. The van der Waals surface area contributed by atoms with Crippen LogP contribution in [-0.4, -0.2) is 57.6 Å². The van der Waals surface area contributed by atoms with Crippen molar-refractivity contribution in [2.45, 2.75) is 95.2 Å². The summed E-state index contributed by atoms with van der Waals surface area (Å²) < 4.78 is 5.48. The van der Waals surface area contributed by atoms with E-state index in [-0.39, 0.29) is 6.61 Å². The maximum atomic E-state index is 9.90. The van der Waals surface area contributed by atoms with Gasteiger partial charge < -0.3 is 25.2 Å². The maximum Gasteiger partial charge on any atom is 0.111 e. The molecule has 0 amide bonds. The van der Waals surface area contributed by atoms with Crippen molar-refractivity contribution in [3.05, 3.63) is 0 Å². The zero-order chi connectivity index (χ0) is 15.7. The standard InChI is InChI=1S/C16H32O5/c1-2-3-4-5-6-7-8-9-10-12-14(18)16(20)15(19)13(11-17)21-12/h12-20H,2-11H2,1H3/t12?,13-,14+,15-,16-/m1/s1. The quantitative estimate of drug-likeness (QED) is 0.458. The number of ether oxygens (including phenoxy) is 1. The zero-order valence-corrected chi connectivity index (χ0v) is 13.2. The Morgan fingerprint density at radius 1 is 0.714 bits per heavy atom. The molecule has 1 heterocycles. The Kier molecular flexibility index (Phi) is 9.44. The van der Waals surface area contributed by atoms with Crippen molar-refractivity contribution in [1.82, 2.24) is 0 Å². The third-order valence-corrected chi connectivity index (χ3v) is 4.33. The third kappa shape index (κ3) is 6.20. The van der Waals surface area contributed by atoms with E-state index in [4.69, 9.17) is 9.84 Å². The molecule has 5 nitrogen and oxygen atoms in total. The molecule has 0 bridgehead atoms. The molecule has 0 aromatic heterocycles. The fourth-order valence-electron chi connectivity index (χ4n) is 2.90. The first-order valence-corrected chi connectivity index (χ1v) is 8.42. The smallest absolute Gasteiger partial charge is 0.111 e. The summed E-state index contributed by atoms with van der Waals surface area (Å²) in [5.74, 6) is 0. The van der Waals surface area contributed by atoms with Gasteiger partial charge in [0.2, 0.25) is 0 Å². The van der Waals surface area contributed by atoms with Crippen LogP contribution >= 0.6 is 0 Å². The summed E-state index contributed by atoms with van der Waals surface area (Å²) in [7, 11) is 0. The van der Waals surface area contributed by atoms with Crippen LogP contribution in [0.4, 0.5) is 0 Å². The summed E-state index contributed by atoms with van der Waals surface area (Å²) in [6.45, 7) is 1.86. The fraction of sp³-hybridized carbons (Fsp3) is 1.00. The molecule has 5 atom stereocenters. The Bertz CT molecular complexity index is 259. The number of aliphatic hydroxyl groups is 4. The van der Waals surface area contributed by atoms with E-state index in [1.165, 1.54) is 38.5 Å². The topological polar surface area (TPSA) is 90.2 Å². The molecule has 1 unspecified atom stereocenters. The second-order valence-electron chi connectivity index (χ2n) is 6.13. The lowest BCUT2D eigenvalue weighted by Gasteiger charge is -2.40. The molecule has 0 aromatic rings. The molecule has 1 rings (SSSR count). The van der Waals surface area contributed by atoms with Crippen molar-refractivity contribution >= 4 is 0 Å². The van der Waals surface area contributed by atoms with Crippen molar-refractivity contribution < 1.29 is 25.2 Å². The summed E-state index contributed by atoms with van der Waals surface area (Å²) in [4.78, 5) is 0. The molecule has 21 heavy (non-hydrogen) atoms. The Morgan fingerprint density at radius 2 is 1.24 bits per heavy atom. The van der Waals surface area contributed by atoms with Gasteiger partial charge in [0.1, 0.15) is 24.4 Å². The SMILES string of the molecule is CCCCCCCCCCC1O[C@H](CO)[C@@H](O)[C@H](O)[C@H]1O. The molecule has 0 radical (unpaired) electrons. The Hall–Kier alpha value is -0.200. The van der Waals surface area contributed by atoms with Crippen LogP contribution in [0.1, 0.15) is 64.7 Å². The highest BCUT2D eigenvalue weighted by atomic mass is 16.5. The lowest BCUT2D eigenvalue weighted by Crippen LogP contribution is -2.58. The van der Waals surface area contributed by atoms with Crippen molar-refractivity contribution in [2.75, 3.05) is 6.61 Å². The second kappa shape index (κ2) is 10.5. The van der Waals surface area contributed by atoms with Crippen molar-refractivity contribution in [3.8, 4) is 0 Å². The van der Waals surface area contributed by atoms with Gasteiger partial charge in [0.15, 0.2) is 0 Å². The van der Waals surface area contributed by atoms with Crippen molar-refractivity contribution in [2.24, 2.45) is 0 Å². The normalized spacial score (nSPS) is 33.3. The Labute approximate surface area is 127 Å². The van der Waals surface area contributed by atoms with E-state index in [0.717, 1.165) is 12.8 Å². The zero-order valence-electron chi connectivity index (χ0n) is 13.2. The summed E-state index contributed by atoms with van der Waals surface area (Å²) in [5.41, 5.74) is 0. The molecular weight excluding hydrogens is 272 g/mol. The van der Waals surface area contributed by atoms with Crippen LogP contribution in [0.2, 0.25) is 0 Å². The van der Waals surface area contributed by atoms with Crippen LogP contribution in [0.25, 0.3) is 0 Å². The van der Waals surface area contributed by atoms with Gasteiger partial charge in [0, 0.05) is 0 Å². The molecule has 0 aromatic carbocycles. The lowest BCUT2D eigenvalue weighted by molar-refractivity contribution is -0.230.